The zero-order chi connectivity index (χ0) is 25.6. The van der Waals surface area contributed by atoms with Crippen LogP contribution in [0.2, 0.25) is 5.02 Å². The van der Waals surface area contributed by atoms with E-state index in [0.717, 1.165) is 34.4 Å². The number of benzene rings is 1. The number of nitrogen functional groups attached to an aromatic ring is 1. The lowest BCUT2D eigenvalue weighted by Gasteiger charge is -2.33. The molecule has 5 N–H and O–H groups in total. The molecule has 0 radical (unpaired) electrons. The fourth-order valence-corrected chi connectivity index (χ4v) is 4.61. The molecule has 0 spiro atoms. The summed E-state index contributed by atoms with van der Waals surface area (Å²) >= 11 is 6.64. The van der Waals surface area contributed by atoms with Crippen molar-refractivity contribution in [3.8, 4) is 5.82 Å². The van der Waals surface area contributed by atoms with Crippen LogP contribution in [0.4, 0.5) is 24.7 Å². The molecule has 1 fully saturated rings. The van der Waals surface area contributed by atoms with E-state index in [2.05, 4.69) is 4.98 Å². The number of pyridine rings is 2. The largest absolute Gasteiger partial charge is 0.477 e. The summed E-state index contributed by atoms with van der Waals surface area (Å²) in [5.41, 5.74) is 11.2. The molecule has 4 rings (SSSR count). The van der Waals surface area contributed by atoms with Gasteiger partial charge in [-0.1, -0.05) is 22.7 Å². The number of nitrogens with two attached hydrogens (primary N) is 2. The predicted octanol–water partition coefficient (Wildman–Crippen LogP) is 3.61. The summed E-state index contributed by atoms with van der Waals surface area (Å²) in [6.07, 6.45) is 2.28. The molecule has 12 heteroatoms. The van der Waals surface area contributed by atoms with Gasteiger partial charge in [-0.25, -0.2) is 22.9 Å². The number of halogens is 4. The van der Waals surface area contributed by atoms with Crippen molar-refractivity contribution in [3.05, 3.63) is 67.7 Å². The van der Waals surface area contributed by atoms with Crippen LogP contribution >= 0.6 is 11.6 Å². The molecule has 0 atom stereocenters. The van der Waals surface area contributed by atoms with Gasteiger partial charge in [0.2, 0.25) is 5.43 Å². The van der Waals surface area contributed by atoms with Gasteiger partial charge < -0.3 is 21.5 Å². The molecule has 184 valence electrons. The van der Waals surface area contributed by atoms with Gasteiger partial charge >= 0.3 is 5.97 Å². The Balaban J connectivity index is 2.07. The van der Waals surface area contributed by atoms with Crippen LogP contribution in [0.1, 0.15) is 30.1 Å². The average Bonchev–Trinajstić information content (AvgIpc) is 2.81. The lowest BCUT2D eigenvalue weighted by Crippen LogP contribution is -2.33. The van der Waals surface area contributed by atoms with E-state index in [1.54, 1.807) is 4.90 Å². The van der Waals surface area contributed by atoms with Crippen molar-refractivity contribution in [2.75, 3.05) is 30.3 Å². The molecule has 0 aliphatic carbocycles. The Bertz CT molecular complexity index is 1470. The average molecular weight is 508 g/mol. The van der Waals surface area contributed by atoms with Gasteiger partial charge in [-0.15, -0.1) is 0 Å². The van der Waals surface area contributed by atoms with Crippen LogP contribution in [-0.4, -0.2) is 40.3 Å². The second-order valence-corrected chi connectivity index (χ2v) is 8.62. The molecular weight excluding hydrogens is 487 g/mol. The number of fused-ring (bicyclic) bond motifs is 1. The van der Waals surface area contributed by atoms with E-state index in [-0.39, 0.29) is 16.2 Å². The summed E-state index contributed by atoms with van der Waals surface area (Å²) < 4.78 is 44.8. The fourth-order valence-electron chi connectivity index (χ4n) is 4.21. The molecule has 0 amide bonds. The zero-order valence-corrected chi connectivity index (χ0v) is 19.3. The molecule has 0 bridgehead atoms. The van der Waals surface area contributed by atoms with Crippen LogP contribution in [0, 0.1) is 17.5 Å². The molecule has 8 nitrogen and oxygen atoms in total. The van der Waals surface area contributed by atoms with Gasteiger partial charge in [0.15, 0.2) is 23.3 Å². The van der Waals surface area contributed by atoms with E-state index in [1.165, 1.54) is 0 Å². The van der Waals surface area contributed by atoms with Gasteiger partial charge in [-0.2, -0.15) is 0 Å². The number of nitrogens with zero attached hydrogens (tertiary/aromatic N) is 3. The van der Waals surface area contributed by atoms with Crippen molar-refractivity contribution in [3.63, 3.8) is 0 Å². The lowest BCUT2D eigenvalue weighted by molar-refractivity contribution is 0.0695. The lowest BCUT2D eigenvalue weighted by atomic mass is 9.98. The number of anilines is 2. The number of rotatable bonds is 4. The van der Waals surface area contributed by atoms with Crippen molar-refractivity contribution in [1.29, 1.82) is 0 Å². The molecule has 3 heterocycles. The first-order valence-electron chi connectivity index (χ1n) is 10.6. The van der Waals surface area contributed by atoms with Crippen molar-refractivity contribution in [1.82, 2.24) is 9.55 Å². The third-order valence-corrected chi connectivity index (χ3v) is 6.43. The Labute approximate surface area is 202 Å². The first-order chi connectivity index (χ1) is 16.5. The van der Waals surface area contributed by atoms with Crippen LogP contribution in [0.5, 0.6) is 0 Å². The van der Waals surface area contributed by atoms with E-state index in [1.807, 2.05) is 6.92 Å². The van der Waals surface area contributed by atoms with E-state index < -0.39 is 51.4 Å². The highest BCUT2D eigenvalue weighted by atomic mass is 35.5. The monoisotopic (exact) mass is 507 g/mol. The molecule has 1 aliphatic heterocycles. The first kappa shape index (κ1) is 24.6. The predicted molar refractivity (Wildman–Crippen MR) is 127 cm³/mol. The van der Waals surface area contributed by atoms with Crippen LogP contribution in [-0.2, 0) is 0 Å². The maximum atomic E-state index is 15.4. The van der Waals surface area contributed by atoms with Crippen molar-refractivity contribution in [2.24, 2.45) is 5.73 Å². The highest BCUT2D eigenvalue weighted by Crippen LogP contribution is 2.38. The van der Waals surface area contributed by atoms with Gasteiger partial charge in [0.25, 0.3) is 0 Å². The maximum absolute atomic E-state index is 15.4. The number of aromatic nitrogens is 2. The van der Waals surface area contributed by atoms with E-state index >= 15 is 4.39 Å². The first-order valence-corrected chi connectivity index (χ1v) is 11.0. The van der Waals surface area contributed by atoms with Crippen molar-refractivity contribution >= 4 is 40.0 Å². The Morgan fingerprint density at radius 3 is 2.60 bits per heavy atom. The summed E-state index contributed by atoms with van der Waals surface area (Å²) in [5, 5.41) is 8.83. The number of carboxylic acids is 1. The normalized spacial score (nSPS) is 15.5. The SMILES string of the molecule is C/C(CN)=C1/CCCN(c2c(F)cc3c(=O)c(C(=O)O)cn(-c4nc(N)c(F)cc4F)c3c2Cl)C1. The number of hydrogen-bond donors (Lipinski definition) is 3. The number of carbonyl (C=O) groups is 1. The van der Waals surface area contributed by atoms with Crippen molar-refractivity contribution in [2.45, 2.75) is 19.8 Å². The maximum Gasteiger partial charge on any atom is 0.341 e. The number of hydrogen-bond acceptors (Lipinski definition) is 6. The number of piperidine rings is 1. The molecule has 1 aliphatic rings. The number of carboxylic acid groups (broad SMARTS) is 1. The van der Waals surface area contributed by atoms with Gasteiger partial charge in [-0.3, -0.25) is 9.36 Å². The third-order valence-electron chi connectivity index (χ3n) is 6.07. The van der Waals surface area contributed by atoms with Gasteiger partial charge in [0.05, 0.1) is 21.6 Å². The van der Waals surface area contributed by atoms with Gasteiger partial charge in [0, 0.05) is 31.9 Å². The highest BCUT2D eigenvalue weighted by Gasteiger charge is 2.27. The summed E-state index contributed by atoms with van der Waals surface area (Å²) in [6.45, 7) is 3.00. The molecule has 35 heavy (non-hydrogen) atoms. The molecule has 1 saturated heterocycles. The molecule has 0 saturated carbocycles. The van der Waals surface area contributed by atoms with Crippen LogP contribution in [0.15, 0.2) is 34.3 Å². The minimum atomic E-state index is -1.63. The zero-order valence-electron chi connectivity index (χ0n) is 18.5. The topological polar surface area (TPSA) is 127 Å². The molecule has 2 aromatic heterocycles. The van der Waals surface area contributed by atoms with Crippen molar-refractivity contribution < 1.29 is 23.1 Å². The van der Waals surface area contributed by atoms with E-state index in [4.69, 9.17) is 23.1 Å². The number of aromatic carboxylic acids is 1. The summed E-state index contributed by atoms with van der Waals surface area (Å²) in [7, 11) is 0. The summed E-state index contributed by atoms with van der Waals surface area (Å²) in [6, 6.07) is 1.33. The summed E-state index contributed by atoms with van der Waals surface area (Å²) in [4.78, 5) is 29.9. The van der Waals surface area contributed by atoms with E-state index in [9.17, 15) is 23.5 Å². The minimum Gasteiger partial charge on any atom is -0.477 e. The Hall–Kier alpha value is -3.57. The van der Waals surface area contributed by atoms with Crippen LogP contribution in [0.25, 0.3) is 16.7 Å². The van der Waals surface area contributed by atoms with Gasteiger partial charge in [-0.05, 0) is 25.8 Å². The quantitative estimate of drug-likeness (QED) is 0.460. The van der Waals surface area contributed by atoms with E-state index in [0.29, 0.717) is 32.1 Å². The highest BCUT2D eigenvalue weighted by molar-refractivity contribution is 6.38. The second kappa shape index (κ2) is 9.23. The Morgan fingerprint density at radius 2 is 1.94 bits per heavy atom. The van der Waals surface area contributed by atoms with Crippen LogP contribution < -0.4 is 21.8 Å². The Kier molecular flexibility index (Phi) is 6.48. The second-order valence-electron chi connectivity index (χ2n) is 8.24. The van der Waals surface area contributed by atoms with Gasteiger partial charge in [0.1, 0.15) is 11.4 Å². The molecule has 1 aromatic carbocycles. The minimum absolute atomic E-state index is 0.0482. The smallest absolute Gasteiger partial charge is 0.341 e. The Morgan fingerprint density at radius 1 is 1.23 bits per heavy atom. The van der Waals surface area contributed by atoms with Crippen LogP contribution in [0.3, 0.4) is 0 Å². The molecule has 3 aromatic rings. The summed E-state index contributed by atoms with van der Waals surface area (Å²) in [5.74, 6) is -6.07. The molecular formula is C23H21ClF3N5O3. The third kappa shape index (κ3) is 4.21. The fraction of sp³-hybridized carbons (Fsp3) is 0.261. The standard InChI is InChI=1S/C23H21ClF3N5O3/c1-10(7-28)11-3-2-4-31(8-11)19-14(25)5-12-18(17(19)24)32(9-13(20(12)33)23(34)35)22-16(27)6-15(26)21(29)30-22/h5-6,9H,2-4,7-8,28H2,1H3,(H2,29,30)(H,34,35)/b11-10+. The molecule has 0 unspecified atom stereocenters.